The number of unbranched alkanes of at least 4 members (excludes halogenated alkanes) is 1. The topological polar surface area (TPSA) is 55.1 Å². The normalized spacial score (nSPS) is 30.2. The van der Waals surface area contributed by atoms with E-state index in [0.717, 1.165) is 31.2 Å². The number of amides is 1. The molecular weight excluding hydrogens is 200 g/mol. The number of rotatable bonds is 6. The summed E-state index contributed by atoms with van der Waals surface area (Å²) < 4.78 is 0. The Balaban J connectivity index is 2.09. The van der Waals surface area contributed by atoms with Crippen LogP contribution in [0.15, 0.2) is 0 Å². The van der Waals surface area contributed by atoms with E-state index in [2.05, 4.69) is 19.2 Å². The van der Waals surface area contributed by atoms with Crippen LogP contribution in [0.1, 0.15) is 52.4 Å². The van der Waals surface area contributed by atoms with Gasteiger partial charge in [0.05, 0.1) is 0 Å². The Morgan fingerprint density at radius 2 is 2.06 bits per heavy atom. The minimum atomic E-state index is -0.181. The third kappa shape index (κ3) is 4.97. The maximum atomic E-state index is 10.6. The predicted molar refractivity (Wildman–Crippen MR) is 67.0 cm³/mol. The van der Waals surface area contributed by atoms with Gasteiger partial charge in [0.1, 0.15) is 0 Å². The minimum absolute atomic E-state index is 0.181. The van der Waals surface area contributed by atoms with Crippen LogP contribution >= 0.6 is 0 Å². The fraction of sp³-hybridized carbons (Fsp3) is 0.923. The van der Waals surface area contributed by atoms with Crippen molar-refractivity contribution in [2.75, 3.05) is 6.54 Å². The first-order chi connectivity index (χ1) is 7.59. The lowest BCUT2D eigenvalue weighted by Crippen LogP contribution is -2.39. The zero-order chi connectivity index (χ0) is 12.0. The maximum Gasteiger partial charge on any atom is 0.217 e. The molecule has 0 radical (unpaired) electrons. The molecule has 3 heteroatoms. The molecule has 3 unspecified atom stereocenters. The molecular formula is C13H26N2O. The van der Waals surface area contributed by atoms with Gasteiger partial charge in [0, 0.05) is 12.5 Å². The number of hydrogen-bond acceptors (Lipinski definition) is 2. The van der Waals surface area contributed by atoms with Crippen molar-refractivity contribution in [3.63, 3.8) is 0 Å². The van der Waals surface area contributed by atoms with Crippen LogP contribution in [-0.2, 0) is 4.79 Å². The van der Waals surface area contributed by atoms with Gasteiger partial charge in [-0.1, -0.05) is 20.3 Å². The van der Waals surface area contributed by atoms with Gasteiger partial charge in [-0.2, -0.15) is 0 Å². The smallest absolute Gasteiger partial charge is 0.217 e. The van der Waals surface area contributed by atoms with Crippen molar-refractivity contribution in [1.29, 1.82) is 0 Å². The van der Waals surface area contributed by atoms with Crippen molar-refractivity contribution in [3.05, 3.63) is 0 Å². The highest BCUT2D eigenvalue weighted by Gasteiger charge is 2.24. The molecule has 1 saturated carbocycles. The molecule has 3 atom stereocenters. The Morgan fingerprint density at radius 1 is 1.31 bits per heavy atom. The highest BCUT2D eigenvalue weighted by molar-refractivity contribution is 5.73. The molecule has 1 fully saturated rings. The summed E-state index contributed by atoms with van der Waals surface area (Å²) in [4.78, 5) is 10.6. The Morgan fingerprint density at radius 3 is 2.75 bits per heavy atom. The van der Waals surface area contributed by atoms with Gasteiger partial charge < -0.3 is 11.1 Å². The second-order valence-corrected chi connectivity index (χ2v) is 5.38. The molecule has 1 aliphatic carbocycles. The molecule has 0 aromatic rings. The molecule has 0 saturated heterocycles. The van der Waals surface area contributed by atoms with Gasteiger partial charge in [-0.25, -0.2) is 0 Å². The van der Waals surface area contributed by atoms with Gasteiger partial charge in [0.2, 0.25) is 5.91 Å². The molecule has 0 heterocycles. The van der Waals surface area contributed by atoms with Crippen molar-refractivity contribution in [1.82, 2.24) is 5.32 Å². The molecule has 0 aliphatic heterocycles. The van der Waals surface area contributed by atoms with E-state index < -0.39 is 0 Å². The summed E-state index contributed by atoms with van der Waals surface area (Å²) in [6, 6.07) is 0.678. The molecule has 0 bridgehead atoms. The van der Waals surface area contributed by atoms with Gasteiger partial charge in [0.25, 0.3) is 0 Å². The van der Waals surface area contributed by atoms with Crippen molar-refractivity contribution in [2.45, 2.75) is 58.4 Å². The lowest BCUT2D eigenvalue weighted by molar-refractivity contribution is -0.118. The van der Waals surface area contributed by atoms with Gasteiger partial charge in [-0.15, -0.1) is 0 Å². The molecule has 1 aliphatic rings. The lowest BCUT2D eigenvalue weighted by Gasteiger charge is -2.33. The van der Waals surface area contributed by atoms with Crippen molar-refractivity contribution < 1.29 is 4.79 Å². The summed E-state index contributed by atoms with van der Waals surface area (Å²) >= 11 is 0. The maximum absolute atomic E-state index is 10.6. The van der Waals surface area contributed by atoms with Crippen molar-refractivity contribution in [2.24, 2.45) is 17.6 Å². The highest BCUT2D eigenvalue weighted by atomic mass is 16.1. The van der Waals surface area contributed by atoms with Crippen molar-refractivity contribution in [3.8, 4) is 0 Å². The quantitative estimate of drug-likeness (QED) is 0.681. The second-order valence-electron chi connectivity index (χ2n) is 5.38. The predicted octanol–water partition coefficient (Wildman–Crippen LogP) is 2.06. The second kappa shape index (κ2) is 6.89. The number of hydrogen-bond donors (Lipinski definition) is 2. The fourth-order valence-electron chi connectivity index (χ4n) is 2.53. The Hall–Kier alpha value is -0.570. The van der Waals surface area contributed by atoms with Crippen LogP contribution in [-0.4, -0.2) is 18.5 Å². The number of nitrogens with one attached hydrogen (secondary N) is 1. The standard InChI is InChI=1S/C13H26N2O/c1-10-6-7-11(2)12(9-10)15-8-4-3-5-13(14)16/h10-12,15H,3-9H2,1-2H3,(H2,14,16). The fourth-order valence-corrected chi connectivity index (χ4v) is 2.53. The molecule has 3 N–H and O–H groups in total. The number of nitrogens with two attached hydrogens (primary N) is 1. The molecule has 1 rings (SSSR count). The summed E-state index contributed by atoms with van der Waals surface area (Å²) in [5.74, 6) is 1.48. The molecule has 0 aromatic heterocycles. The number of carbonyl (C=O) groups excluding carboxylic acids is 1. The third-order valence-corrected chi connectivity index (χ3v) is 3.71. The first-order valence-corrected chi connectivity index (χ1v) is 6.61. The molecule has 16 heavy (non-hydrogen) atoms. The molecule has 94 valence electrons. The zero-order valence-corrected chi connectivity index (χ0v) is 10.7. The summed E-state index contributed by atoms with van der Waals surface area (Å²) in [6.07, 6.45) is 6.52. The van der Waals surface area contributed by atoms with E-state index in [1.54, 1.807) is 0 Å². The Bertz CT molecular complexity index is 218. The van der Waals surface area contributed by atoms with E-state index >= 15 is 0 Å². The van der Waals surface area contributed by atoms with Crippen LogP contribution in [0.4, 0.5) is 0 Å². The van der Waals surface area contributed by atoms with E-state index in [1.165, 1.54) is 19.3 Å². The highest BCUT2D eigenvalue weighted by Crippen LogP contribution is 2.28. The van der Waals surface area contributed by atoms with Gasteiger partial charge in [-0.3, -0.25) is 4.79 Å². The van der Waals surface area contributed by atoms with Crippen LogP contribution in [0.2, 0.25) is 0 Å². The summed E-state index contributed by atoms with van der Waals surface area (Å²) in [5.41, 5.74) is 5.10. The van der Waals surface area contributed by atoms with E-state index in [4.69, 9.17) is 5.73 Å². The van der Waals surface area contributed by atoms with Crippen LogP contribution in [0.3, 0.4) is 0 Å². The van der Waals surface area contributed by atoms with E-state index in [-0.39, 0.29) is 5.91 Å². The average molecular weight is 226 g/mol. The Kier molecular flexibility index (Phi) is 5.81. The first-order valence-electron chi connectivity index (χ1n) is 6.61. The summed E-state index contributed by atoms with van der Waals surface area (Å²) in [5, 5.41) is 3.62. The van der Waals surface area contributed by atoms with Crippen LogP contribution in [0.5, 0.6) is 0 Å². The SMILES string of the molecule is CC1CCC(C)C(NCCCCC(N)=O)C1. The van der Waals surface area contributed by atoms with Crippen LogP contribution in [0, 0.1) is 11.8 Å². The van der Waals surface area contributed by atoms with Crippen LogP contribution < -0.4 is 11.1 Å². The van der Waals surface area contributed by atoms with Gasteiger partial charge in [0.15, 0.2) is 0 Å². The summed E-state index contributed by atoms with van der Waals surface area (Å²) in [6.45, 7) is 5.70. The summed E-state index contributed by atoms with van der Waals surface area (Å²) in [7, 11) is 0. The monoisotopic (exact) mass is 226 g/mol. The van der Waals surface area contributed by atoms with Crippen LogP contribution in [0.25, 0.3) is 0 Å². The molecule has 1 amide bonds. The van der Waals surface area contributed by atoms with Crippen molar-refractivity contribution >= 4 is 5.91 Å². The first kappa shape index (κ1) is 13.5. The largest absolute Gasteiger partial charge is 0.370 e. The molecule has 0 spiro atoms. The van der Waals surface area contributed by atoms with Gasteiger partial charge in [-0.05, 0) is 44.1 Å². The number of carbonyl (C=O) groups is 1. The zero-order valence-electron chi connectivity index (χ0n) is 10.7. The minimum Gasteiger partial charge on any atom is -0.370 e. The van der Waals surface area contributed by atoms with E-state index in [0.29, 0.717) is 12.5 Å². The average Bonchev–Trinajstić information content (AvgIpc) is 2.22. The lowest BCUT2D eigenvalue weighted by atomic mass is 9.80. The molecule has 3 nitrogen and oxygen atoms in total. The van der Waals surface area contributed by atoms with Gasteiger partial charge >= 0.3 is 0 Å². The molecule has 0 aromatic carbocycles. The van der Waals surface area contributed by atoms with E-state index in [1.807, 2.05) is 0 Å². The number of primary amides is 1. The third-order valence-electron chi connectivity index (χ3n) is 3.71. The Labute approximate surface area is 99.2 Å². The van der Waals surface area contributed by atoms with E-state index in [9.17, 15) is 4.79 Å².